The van der Waals surface area contributed by atoms with Crippen LogP contribution in [0, 0.1) is 10.1 Å². The molecule has 0 bridgehead atoms. The van der Waals surface area contributed by atoms with Crippen molar-refractivity contribution in [3.8, 4) is 0 Å². The SMILES string of the molecule is O=C(CSC1C2=C(CCCC2)C(=O)N1Cc1ccc([N+](=O)[O-])cc1)Nc1ccccn1. The quantitative estimate of drug-likeness (QED) is 0.519. The number of hydrogen-bond acceptors (Lipinski definition) is 6. The zero-order chi connectivity index (χ0) is 21.8. The van der Waals surface area contributed by atoms with E-state index in [0.717, 1.165) is 42.4 Å². The number of pyridine rings is 1. The van der Waals surface area contributed by atoms with Crippen molar-refractivity contribution >= 4 is 35.1 Å². The van der Waals surface area contributed by atoms with Crippen molar-refractivity contribution in [3.63, 3.8) is 0 Å². The van der Waals surface area contributed by atoms with Crippen LogP contribution in [0.5, 0.6) is 0 Å². The number of non-ortho nitro benzene ring substituents is 1. The molecule has 2 aliphatic rings. The lowest BCUT2D eigenvalue weighted by Gasteiger charge is -2.27. The highest BCUT2D eigenvalue weighted by molar-refractivity contribution is 8.00. The number of carbonyl (C=O) groups excluding carboxylic acids is 2. The second-order valence-electron chi connectivity index (χ2n) is 7.49. The summed E-state index contributed by atoms with van der Waals surface area (Å²) < 4.78 is 0. The summed E-state index contributed by atoms with van der Waals surface area (Å²) in [4.78, 5) is 41.9. The van der Waals surface area contributed by atoms with E-state index in [9.17, 15) is 19.7 Å². The molecule has 0 radical (unpaired) electrons. The van der Waals surface area contributed by atoms with Crippen LogP contribution in [0.4, 0.5) is 11.5 Å². The lowest BCUT2D eigenvalue weighted by atomic mass is 9.94. The highest BCUT2D eigenvalue weighted by Gasteiger charge is 2.40. The van der Waals surface area contributed by atoms with Crippen LogP contribution < -0.4 is 5.32 Å². The van der Waals surface area contributed by atoms with Gasteiger partial charge in [-0.25, -0.2) is 4.98 Å². The molecule has 160 valence electrons. The van der Waals surface area contributed by atoms with Crippen LogP contribution in [0.25, 0.3) is 0 Å². The molecular weight excluding hydrogens is 416 g/mol. The molecule has 31 heavy (non-hydrogen) atoms. The number of nitro groups is 1. The molecule has 0 saturated heterocycles. The Labute approximate surface area is 183 Å². The van der Waals surface area contributed by atoms with Gasteiger partial charge in [0.05, 0.1) is 10.7 Å². The summed E-state index contributed by atoms with van der Waals surface area (Å²) in [6.45, 7) is 0.351. The first-order valence-corrected chi connectivity index (χ1v) is 11.2. The number of rotatable bonds is 7. The van der Waals surface area contributed by atoms with E-state index < -0.39 is 4.92 Å². The van der Waals surface area contributed by atoms with E-state index in [1.807, 2.05) is 0 Å². The van der Waals surface area contributed by atoms with Gasteiger partial charge in [0.2, 0.25) is 5.91 Å². The molecule has 0 fully saturated rings. The number of anilines is 1. The van der Waals surface area contributed by atoms with Crippen molar-refractivity contribution in [1.29, 1.82) is 0 Å². The minimum absolute atomic E-state index is 0.00990. The zero-order valence-electron chi connectivity index (χ0n) is 16.8. The van der Waals surface area contributed by atoms with Gasteiger partial charge < -0.3 is 10.2 Å². The summed E-state index contributed by atoms with van der Waals surface area (Å²) >= 11 is 1.44. The summed E-state index contributed by atoms with van der Waals surface area (Å²) in [6.07, 6.45) is 5.27. The smallest absolute Gasteiger partial charge is 0.269 e. The second-order valence-corrected chi connectivity index (χ2v) is 8.56. The number of nitrogens with one attached hydrogen (secondary N) is 1. The lowest BCUT2D eigenvalue weighted by molar-refractivity contribution is -0.384. The van der Waals surface area contributed by atoms with Crippen molar-refractivity contribution in [1.82, 2.24) is 9.88 Å². The fourth-order valence-electron chi connectivity index (χ4n) is 3.95. The minimum Gasteiger partial charge on any atom is -0.319 e. The van der Waals surface area contributed by atoms with Crippen molar-refractivity contribution in [2.75, 3.05) is 11.1 Å². The van der Waals surface area contributed by atoms with E-state index in [2.05, 4.69) is 10.3 Å². The molecule has 1 aliphatic carbocycles. The van der Waals surface area contributed by atoms with Gasteiger partial charge in [-0.2, -0.15) is 0 Å². The van der Waals surface area contributed by atoms with Crippen molar-refractivity contribution in [2.24, 2.45) is 0 Å². The molecule has 2 aromatic rings. The Hall–Kier alpha value is -3.20. The first kappa shape index (κ1) is 21.0. The van der Waals surface area contributed by atoms with Gasteiger partial charge in [-0.05, 0) is 49.0 Å². The van der Waals surface area contributed by atoms with Crippen LogP contribution in [0.1, 0.15) is 31.2 Å². The van der Waals surface area contributed by atoms with Gasteiger partial charge in [-0.1, -0.05) is 18.2 Å². The molecule has 2 amide bonds. The fraction of sp³-hybridized carbons (Fsp3) is 0.318. The third-order valence-electron chi connectivity index (χ3n) is 5.42. The van der Waals surface area contributed by atoms with Crippen LogP contribution in [0.3, 0.4) is 0 Å². The number of thioether (sulfide) groups is 1. The molecule has 1 unspecified atom stereocenters. The van der Waals surface area contributed by atoms with E-state index >= 15 is 0 Å². The summed E-state index contributed by atoms with van der Waals surface area (Å²) in [6, 6.07) is 11.6. The highest BCUT2D eigenvalue weighted by atomic mass is 32.2. The molecule has 9 heteroatoms. The standard InChI is InChI=1S/C22H22N4O4S/c27-20(24-19-7-3-4-12-23-19)14-31-22-18-6-2-1-5-17(18)21(28)25(22)13-15-8-10-16(11-9-15)26(29)30/h3-4,7-12,22H,1-2,5-6,13-14H2,(H,23,24,27). The average Bonchev–Trinajstić information content (AvgIpc) is 3.04. The largest absolute Gasteiger partial charge is 0.319 e. The van der Waals surface area contributed by atoms with E-state index in [-0.39, 0.29) is 28.6 Å². The fourth-order valence-corrected chi connectivity index (χ4v) is 5.14. The number of nitro benzene ring substituents is 1. The molecule has 1 atom stereocenters. The van der Waals surface area contributed by atoms with E-state index in [1.54, 1.807) is 41.4 Å². The van der Waals surface area contributed by atoms with Crippen LogP contribution in [-0.2, 0) is 16.1 Å². The predicted octanol–water partition coefficient (Wildman–Crippen LogP) is 3.90. The molecule has 8 nitrogen and oxygen atoms in total. The van der Waals surface area contributed by atoms with Crippen LogP contribution in [-0.4, -0.2) is 37.7 Å². The van der Waals surface area contributed by atoms with Gasteiger partial charge in [0.15, 0.2) is 0 Å². The number of nitrogens with zero attached hydrogens (tertiary/aromatic N) is 3. The van der Waals surface area contributed by atoms with E-state index in [4.69, 9.17) is 0 Å². The number of aromatic nitrogens is 1. The summed E-state index contributed by atoms with van der Waals surface area (Å²) in [7, 11) is 0. The van der Waals surface area contributed by atoms with Gasteiger partial charge in [0.1, 0.15) is 11.2 Å². The van der Waals surface area contributed by atoms with E-state index in [0.29, 0.717) is 12.4 Å². The second kappa shape index (κ2) is 9.30. The maximum atomic E-state index is 13.1. The van der Waals surface area contributed by atoms with Gasteiger partial charge in [-0.3, -0.25) is 19.7 Å². The van der Waals surface area contributed by atoms with Gasteiger partial charge in [-0.15, -0.1) is 11.8 Å². The Morgan fingerprint density at radius 2 is 1.97 bits per heavy atom. The summed E-state index contributed by atoms with van der Waals surface area (Å²) in [5.74, 6) is 0.532. The zero-order valence-corrected chi connectivity index (χ0v) is 17.6. The molecule has 1 N–H and O–H groups in total. The lowest BCUT2D eigenvalue weighted by Crippen LogP contribution is -2.34. The first-order valence-electron chi connectivity index (χ1n) is 10.1. The van der Waals surface area contributed by atoms with E-state index in [1.165, 1.54) is 23.9 Å². The van der Waals surface area contributed by atoms with Gasteiger partial charge in [0.25, 0.3) is 11.6 Å². The Balaban J connectivity index is 1.47. The van der Waals surface area contributed by atoms with Crippen molar-refractivity contribution in [3.05, 3.63) is 75.5 Å². The van der Waals surface area contributed by atoms with Crippen molar-refractivity contribution in [2.45, 2.75) is 37.6 Å². The predicted molar refractivity (Wildman–Crippen MR) is 118 cm³/mol. The van der Waals surface area contributed by atoms with Gasteiger partial charge in [0, 0.05) is 30.4 Å². The summed E-state index contributed by atoms with van der Waals surface area (Å²) in [5, 5.41) is 13.5. The number of benzene rings is 1. The molecule has 1 aromatic heterocycles. The first-order chi connectivity index (χ1) is 15.0. The Morgan fingerprint density at radius 3 is 2.68 bits per heavy atom. The molecule has 2 heterocycles. The number of hydrogen-bond donors (Lipinski definition) is 1. The van der Waals surface area contributed by atoms with Crippen LogP contribution in [0.2, 0.25) is 0 Å². The van der Waals surface area contributed by atoms with Gasteiger partial charge >= 0.3 is 0 Å². The maximum Gasteiger partial charge on any atom is 0.269 e. The maximum absolute atomic E-state index is 13.1. The van der Waals surface area contributed by atoms with Crippen molar-refractivity contribution < 1.29 is 14.5 Å². The third-order valence-corrected chi connectivity index (χ3v) is 6.70. The highest BCUT2D eigenvalue weighted by Crippen LogP contribution is 2.41. The molecular formula is C22H22N4O4S. The minimum atomic E-state index is -0.441. The molecule has 1 aromatic carbocycles. The monoisotopic (exact) mass is 438 g/mol. The number of amides is 2. The summed E-state index contributed by atoms with van der Waals surface area (Å²) in [5.41, 5.74) is 2.83. The average molecular weight is 439 g/mol. The third kappa shape index (κ3) is 4.77. The Kier molecular flexibility index (Phi) is 6.31. The topological polar surface area (TPSA) is 105 Å². The Bertz CT molecular complexity index is 1020. The van der Waals surface area contributed by atoms with Crippen LogP contribution in [0.15, 0.2) is 59.8 Å². The van der Waals surface area contributed by atoms with Crippen LogP contribution >= 0.6 is 11.8 Å². The number of carbonyl (C=O) groups is 2. The Morgan fingerprint density at radius 1 is 1.19 bits per heavy atom. The normalized spacial score (nSPS) is 18.1. The molecule has 4 rings (SSSR count). The molecule has 0 spiro atoms. The molecule has 0 saturated carbocycles. The molecule has 1 aliphatic heterocycles.